The van der Waals surface area contributed by atoms with Crippen molar-refractivity contribution in [1.29, 1.82) is 0 Å². The number of hydrogen-bond acceptors (Lipinski definition) is 6. The Bertz CT molecular complexity index is 846. The van der Waals surface area contributed by atoms with Crippen molar-refractivity contribution in [2.45, 2.75) is 39.2 Å². The first-order valence-electron chi connectivity index (χ1n) is 8.53. The zero-order valence-electron chi connectivity index (χ0n) is 15.3. The maximum absolute atomic E-state index is 12.3. The zero-order chi connectivity index (χ0) is 19.3. The second-order valence-corrected chi connectivity index (χ2v) is 7.29. The van der Waals surface area contributed by atoms with E-state index in [2.05, 4.69) is 5.32 Å². The molecule has 7 heteroatoms. The Kier molecular flexibility index (Phi) is 7.11. The van der Waals surface area contributed by atoms with Crippen LogP contribution in [0.5, 0.6) is 5.75 Å². The van der Waals surface area contributed by atoms with Gasteiger partial charge in [0.1, 0.15) is 11.3 Å². The maximum Gasteiger partial charge on any atom is 0.339 e. The average Bonchev–Trinajstić information content (AvgIpc) is 2.61. The van der Waals surface area contributed by atoms with Gasteiger partial charge in [0.15, 0.2) is 0 Å². The molecular formula is C19H25NO5S. The van der Waals surface area contributed by atoms with Gasteiger partial charge in [0.2, 0.25) is 5.91 Å². The topological polar surface area (TPSA) is 99.8 Å². The minimum atomic E-state index is -0.488. The van der Waals surface area contributed by atoms with E-state index in [-0.39, 0.29) is 37.1 Å². The van der Waals surface area contributed by atoms with Crippen molar-refractivity contribution in [3.8, 4) is 5.75 Å². The summed E-state index contributed by atoms with van der Waals surface area (Å²) in [5.74, 6) is 0.726. The van der Waals surface area contributed by atoms with Gasteiger partial charge in [-0.3, -0.25) is 4.79 Å². The fraction of sp³-hybridized carbons (Fsp3) is 0.474. The van der Waals surface area contributed by atoms with Crippen molar-refractivity contribution in [2.75, 3.05) is 18.6 Å². The molecule has 2 aromatic rings. The van der Waals surface area contributed by atoms with Crippen molar-refractivity contribution < 1.29 is 19.4 Å². The number of fused-ring (bicyclic) bond motifs is 1. The van der Waals surface area contributed by atoms with Crippen LogP contribution in [0.1, 0.15) is 29.5 Å². The summed E-state index contributed by atoms with van der Waals surface area (Å²) in [7, 11) is 0. The van der Waals surface area contributed by atoms with Gasteiger partial charge in [-0.05, 0) is 56.4 Å². The average molecular weight is 379 g/mol. The van der Waals surface area contributed by atoms with Crippen LogP contribution in [0.2, 0.25) is 0 Å². The number of thioether (sulfide) groups is 1. The molecule has 2 rings (SSSR count). The SMILES string of the molecule is CSCCC(CO)NC(=O)CCc1c(C)c2ccc(O)c(C)c2oc1=O. The van der Waals surface area contributed by atoms with E-state index >= 15 is 0 Å². The molecule has 1 unspecified atom stereocenters. The van der Waals surface area contributed by atoms with Crippen LogP contribution in [-0.4, -0.2) is 40.8 Å². The van der Waals surface area contributed by atoms with E-state index in [0.29, 0.717) is 23.1 Å². The molecule has 142 valence electrons. The monoisotopic (exact) mass is 379 g/mol. The molecule has 26 heavy (non-hydrogen) atoms. The molecule has 0 saturated carbocycles. The Morgan fingerprint density at radius 2 is 2.04 bits per heavy atom. The largest absolute Gasteiger partial charge is 0.508 e. The number of rotatable bonds is 8. The van der Waals surface area contributed by atoms with Gasteiger partial charge in [0.05, 0.1) is 12.6 Å². The van der Waals surface area contributed by atoms with Crippen LogP contribution >= 0.6 is 11.8 Å². The number of phenolic OH excluding ortho intramolecular Hbond substituents is 1. The minimum absolute atomic E-state index is 0.0764. The summed E-state index contributed by atoms with van der Waals surface area (Å²) in [4.78, 5) is 24.5. The van der Waals surface area contributed by atoms with Crippen molar-refractivity contribution in [3.05, 3.63) is 39.2 Å². The lowest BCUT2D eigenvalue weighted by atomic mass is 10.00. The standard InChI is InChI=1S/C19H25NO5S/c1-11-14-4-6-16(22)12(2)18(14)25-19(24)15(11)5-7-17(23)20-13(10-21)8-9-26-3/h4,6,13,21-22H,5,7-10H2,1-3H3,(H,20,23). The third-order valence-electron chi connectivity index (χ3n) is 4.53. The Morgan fingerprint density at radius 1 is 1.31 bits per heavy atom. The van der Waals surface area contributed by atoms with Crippen LogP contribution < -0.4 is 10.9 Å². The number of nitrogens with one attached hydrogen (secondary N) is 1. The molecule has 0 bridgehead atoms. The molecule has 6 nitrogen and oxygen atoms in total. The maximum atomic E-state index is 12.3. The molecule has 1 heterocycles. The van der Waals surface area contributed by atoms with Crippen molar-refractivity contribution >= 4 is 28.6 Å². The van der Waals surface area contributed by atoms with Gasteiger partial charge in [-0.2, -0.15) is 11.8 Å². The van der Waals surface area contributed by atoms with Gasteiger partial charge in [0.25, 0.3) is 0 Å². The number of aromatic hydroxyl groups is 1. The molecule has 1 amide bonds. The van der Waals surface area contributed by atoms with Gasteiger partial charge >= 0.3 is 5.63 Å². The van der Waals surface area contributed by atoms with E-state index in [1.807, 2.05) is 13.2 Å². The lowest BCUT2D eigenvalue weighted by Crippen LogP contribution is -2.38. The summed E-state index contributed by atoms with van der Waals surface area (Å²) in [6.07, 6.45) is 3.07. The van der Waals surface area contributed by atoms with E-state index in [0.717, 1.165) is 16.7 Å². The van der Waals surface area contributed by atoms with E-state index in [4.69, 9.17) is 4.42 Å². The highest BCUT2D eigenvalue weighted by molar-refractivity contribution is 7.98. The Morgan fingerprint density at radius 3 is 2.69 bits per heavy atom. The van der Waals surface area contributed by atoms with Gasteiger partial charge in [-0.25, -0.2) is 4.79 Å². The van der Waals surface area contributed by atoms with E-state index in [1.165, 1.54) is 0 Å². The molecule has 3 N–H and O–H groups in total. The van der Waals surface area contributed by atoms with Gasteiger partial charge in [0, 0.05) is 22.9 Å². The lowest BCUT2D eigenvalue weighted by Gasteiger charge is -2.16. The quantitative estimate of drug-likeness (QED) is 0.609. The first kappa shape index (κ1) is 20.3. The number of aliphatic hydroxyl groups excluding tert-OH is 1. The fourth-order valence-electron chi connectivity index (χ4n) is 2.88. The first-order chi connectivity index (χ1) is 12.4. The zero-order valence-corrected chi connectivity index (χ0v) is 16.1. The van der Waals surface area contributed by atoms with Crippen LogP contribution in [0.4, 0.5) is 0 Å². The van der Waals surface area contributed by atoms with E-state index in [1.54, 1.807) is 30.8 Å². The van der Waals surface area contributed by atoms with Crippen molar-refractivity contribution in [3.63, 3.8) is 0 Å². The number of carbonyl (C=O) groups excluding carboxylic acids is 1. The van der Waals surface area contributed by atoms with Crippen molar-refractivity contribution in [2.24, 2.45) is 0 Å². The highest BCUT2D eigenvalue weighted by Gasteiger charge is 2.16. The Hall–Kier alpha value is -1.99. The molecule has 0 aliphatic heterocycles. The molecular weight excluding hydrogens is 354 g/mol. The Balaban J connectivity index is 2.15. The number of benzene rings is 1. The first-order valence-corrected chi connectivity index (χ1v) is 9.92. The summed E-state index contributed by atoms with van der Waals surface area (Å²) < 4.78 is 5.38. The van der Waals surface area contributed by atoms with Crippen molar-refractivity contribution in [1.82, 2.24) is 5.32 Å². The second-order valence-electron chi connectivity index (χ2n) is 6.31. The van der Waals surface area contributed by atoms with Gasteiger partial charge in [-0.1, -0.05) is 0 Å². The number of amides is 1. The second kappa shape index (κ2) is 9.09. The molecule has 0 fully saturated rings. The summed E-state index contributed by atoms with van der Waals surface area (Å²) in [5, 5.41) is 22.7. The van der Waals surface area contributed by atoms with Crippen LogP contribution in [0.15, 0.2) is 21.3 Å². The predicted molar refractivity (Wildman–Crippen MR) is 104 cm³/mol. The summed E-state index contributed by atoms with van der Waals surface area (Å²) in [5.41, 5.74) is 1.62. The summed E-state index contributed by atoms with van der Waals surface area (Å²) in [6, 6.07) is 3.01. The van der Waals surface area contributed by atoms with E-state index < -0.39 is 5.63 Å². The number of phenols is 1. The molecule has 1 aromatic heterocycles. The molecule has 0 radical (unpaired) electrons. The smallest absolute Gasteiger partial charge is 0.339 e. The summed E-state index contributed by atoms with van der Waals surface area (Å²) >= 11 is 1.66. The third kappa shape index (κ3) is 4.59. The molecule has 0 spiro atoms. The fourth-order valence-corrected chi connectivity index (χ4v) is 3.40. The Labute approximate surface area is 156 Å². The summed E-state index contributed by atoms with van der Waals surface area (Å²) in [6.45, 7) is 3.40. The van der Waals surface area contributed by atoms with Gasteiger partial charge < -0.3 is 19.9 Å². The minimum Gasteiger partial charge on any atom is -0.508 e. The molecule has 0 saturated heterocycles. The molecule has 0 aliphatic rings. The predicted octanol–water partition coefficient (Wildman–Crippen LogP) is 2.28. The molecule has 1 atom stereocenters. The lowest BCUT2D eigenvalue weighted by molar-refractivity contribution is -0.122. The highest BCUT2D eigenvalue weighted by atomic mass is 32.2. The van der Waals surface area contributed by atoms with Gasteiger partial charge in [-0.15, -0.1) is 0 Å². The number of aliphatic hydroxyl groups is 1. The van der Waals surface area contributed by atoms with Crippen LogP contribution in [0, 0.1) is 13.8 Å². The van der Waals surface area contributed by atoms with E-state index in [9.17, 15) is 19.8 Å². The van der Waals surface area contributed by atoms with Crippen LogP contribution in [0.25, 0.3) is 11.0 Å². The highest BCUT2D eigenvalue weighted by Crippen LogP contribution is 2.28. The number of aryl methyl sites for hydroxylation is 2. The molecule has 1 aromatic carbocycles. The van der Waals surface area contributed by atoms with Crippen LogP contribution in [0.3, 0.4) is 0 Å². The molecule has 0 aliphatic carbocycles. The third-order valence-corrected chi connectivity index (χ3v) is 5.18. The number of carbonyl (C=O) groups is 1. The van der Waals surface area contributed by atoms with Crippen LogP contribution in [-0.2, 0) is 11.2 Å². The normalized spacial score (nSPS) is 12.3. The number of hydrogen-bond donors (Lipinski definition) is 3.